The lowest BCUT2D eigenvalue weighted by Gasteiger charge is -2.30. The number of carbonyl (C=O) groups is 2. The number of amides is 1. The van der Waals surface area contributed by atoms with Crippen molar-refractivity contribution in [2.24, 2.45) is 0 Å². The summed E-state index contributed by atoms with van der Waals surface area (Å²) in [4.78, 5) is 27.8. The highest BCUT2D eigenvalue weighted by atomic mass is 32.1. The highest BCUT2D eigenvalue weighted by Crippen LogP contribution is 2.31. The number of ether oxygens (including phenoxy) is 1. The third kappa shape index (κ3) is 3.69. The van der Waals surface area contributed by atoms with E-state index >= 15 is 0 Å². The normalized spacial score (nSPS) is 14.4. The molecule has 0 spiro atoms. The summed E-state index contributed by atoms with van der Waals surface area (Å²) in [6.45, 7) is 5.68. The molecular formula is C17H19N2O4S+. The van der Waals surface area contributed by atoms with Crippen LogP contribution in [0.5, 0.6) is 0 Å². The molecule has 1 aromatic heterocycles. The number of rotatable bonds is 6. The maximum Gasteiger partial charge on any atom is 0.521 e. The second-order valence-corrected chi connectivity index (χ2v) is 6.48. The fraction of sp³-hybridized carbons (Fsp3) is 0.235. The predicted octanol–water partition coefficient (Wildman–Crippen LogP) is 3.83. The van der Waals surface area contributed by atoms with Gasteiger partial charge in [0.1, 0.15) is 11.5 Å². The maximum absolute atomic E-state index is 12.6. The molecule has 1 N–H and O–H groups in total. The average molecular weight is 347 g/mol. The first-order valence-electron chi connectivity index (χ1n) is 7.28. The Hall–Kier alpha value is -2.51. The SMILES string of the molecule is C=C[N+](C)(C(=O)OCc1ccccc1)C(C)c1ncc(C(=O)O)s1. The summed E-state index contributed by atoms with van der Waals surface area (Å²) >= 11 is 1.04. The fourth-order valence-corrected chi connectivity index (χ4v) is 2.97. The highest BCUT2D eigenvalue weighted by molar-refractivity contribution is 7.13. The number of carbonyl (C=O) groups excluding carboxylic acids is 1. The highest BCUT2D eigenvalue weighted by Gasteiger charge is 2.40. The first-order valence-corrected chi connectivity index (χ1v) is 8.10. The van der Waals surface area contributed by atoms with E-state index in [0.717, 1.165) is 16.9 Å². The van der Waals surface area contributed by atoms with E-state index in [4.69, 9.17) is 9.84 Å². The molecule has 0 fully saturated rings. The van der Waals surface area contributed by atoms with Crippen LogP contribution in [0, 0.1) is 0 Å². The fourth-order valence-electron chi connectivity index (χ4n) is 2.06. The second-order valence-electron chi connectivity index (χ2n) is 5.41. The van der Waals surface area contributed by atoms with Crippen LogP contribution in [0.4, 0.5) is 4.79 Å². The molecular weight excluding hydrogens is 328 g/mol. The summed E-state index contributed by atoms with van der Waals surface area (Å²) in [6.07, 6.45) is 2.29. The van der Waals surface area contributed by atoms with Gasteiger partial charge in [0.05, 0.1) is 19.4 Å². The number of benzene rings is 1. The van der Waals surface area contributed by atoms with Gasteiger partial charge in [-0.25, -0.2) is 9.78 Å². The first kappa shape index (κ1) is 17.8. The molecule has 1 amide bonds. The number of hydrogen-bond donors (Lipinski definition) is 1. The summed E-state index contributed by atoms with van der Waals surface area (Å²) in [7, 11) is 1.66. The summed E-state index contributed by atoms with van der Waals surface area (Å²) in [5, 5.41) is 9.55. The van der Waals surface area contributed by atoms with Crippen molar-refractivity contribution < 1.29 is 23.9 Å². The number of carboxylic acids is 1. The van der Waals surface area contributed by atoms with Crippen LogP contribution in [0.2, 0.25) is 0 Å². The third-order valence-electron chi connectivity index (χ3n) is 3.87. The molecule has 0 bridgehead atoms. The van der Waals surface area contributed by atoms with E-state index in [1.165, 1.54) is 12.4 Å². The van der Waals surface area contributed by atoms with Gasteiger partial charge in [0.25, 0.3) is 0 Å². The van der Waals surface area contributed by atoms with Crippen LogP contribution in [0.1, 0.15) is 33.2 Å². The number of aromatic carboxylic acids is 1. The lowest BCUT2D eigenvalue weighted by atomic mass is 10.2. The average Bonchev–Trinajstić information content (AvgIpc) is 3.09. The quantitative estimate of drug-likeness (QED) is 0.804. The van der Waals surface area contributed by atoms with Gasteiger partial charge in [-0.15, -0.1) is 11.3 Å². The molecule has 2 atom stereocenters. The van der Waals surface area contributed by atoms with E-state index in [-0.39, 0.29) is 16.0 Å². The van der Waals surface area contributed by atoms with Crippen molar-refractivity contribution >= 4 is 23.4 Å². The minimum absolute atomic E-state index is 0.130. The van der Waals surface area contributed by atoms with Gasteiger partial charge in [-0.1, -0.05) is 30.3 Å². The second kappa shape index (κ2) is 7.37. The third-order valence-corrected chi connectivity index (χ3v) is 5.03. The summed E-state index contributed by atoms with van der Waals surface area (Å²) in [5.41, 5.74) is 0.886. The van der Waals surface area contributed by atoms with Crippen LogP contribution in [0.3, 0.4) is 0 Å². The molecule has 1 heterocycles. The topological polar surface area (TPSA) is 76.5 Å². The van der Waals surface area contributed by atoms with E-state index in [1.807, 2.05) is 30.3 Å². The van der Waals surface area contributed by atoms with E-state index in [2.05, 4.69) is 11.6 Å². The summed E-state index contributed by atoms with van der Waals surface area (Å²) in [6, 6.07) is 8.96. The molecule has 2 unspecified atom stereocenters. The Morgan fingerprint density at radius 3 is 2.62 bits per heavy atom. The van der Waals surface area contributed by atoms with Crippen molar-refractivity contribution in [3.05, 3.63) is 64.8 Å². The predicted molar refractivity (Wildman–Crippen MR) is 90.5 cm³/mol. The Labute approximate surface area is 144 Å². The van der Waals surface area contributed by atoms with Gasteiger partial charge in [-0.05, 0) is 19.1 Å². The van der Waals surface area contributed by atoms with E-state index < -0.39 is 18.1 Å². The molecule has 6 nitrogen and oxygen atoms in total. The minimum atomic E-state index is -1.04. The van der Waals surface area contributed by atoms with Crippen LogP contribution in [-0.2, 0) is 11.3 Å². The maximum atomic E-state index is 12.6. The molecule has 126 valence electrons. The van der Waals surface area contributed by atoms with E-state index in [1.54, 1.807) is 14.0 Å². The Morgan fingerprint density at radius 1 is 1.42 bits per heavy atom. The molecule has 1 aromatic carbocycles. The van der Waals surface area contributed by atoms with Gasteiger partial charge < -0.3 is 9.84 Å². The molecule has 7 heteroatoms. The van der Waals surface area contributed by atoms with Crippen molar-refractivity contribution in [2.75, 3.05) is 7.05 Å². The van der Waals surface area contributed by atoms with Crippen molar-refractivity contribution in [3.63, 3.8) is 0 Å². The molecule has 24 heavy (non-hydrogen) atoms. The van der Waals surface area contributed by atoms with Crippen molar-refractivity contribution in [1.82, 2.24) is 4.98 Å². The zero-order valence-electron chi connectivity index (χ0n) is 13.5. The molecule has 2 aromatic rings. The standard InChI is InChI=1S/C17H18N2O4S/c1-4-19(3,12(2)15-18-10-14(24-15)16(20)21)17(22)23-11-13-8-6-5-7-9-13/h4-10,12H,1,11H2,2-3H3/p+1. The number of carboxylic acid groups (broad SMARTS) is 1. The Bertz CT molecular complexity index is 744. The van der Waals surface area contributed by atoms with Crippen molar-refractivity contribution in [1.29, 1.82) is 0 Å². The lowest BCUT2D eigenvalue weighted by molar-refractivity contribution is -0.817. The van der Waals surface area contributed by atoms with Crippen LogP contribution >= 0.6 is 11.3 Å². The monoisotopic (exact) mass is 347 g/mol. The largest absolute Gasteiger partial charge is 0.521 e. The number of nitrogens with zero attached hydrogens (tertiary/aromatic N) is 2. The molecule has 0 radical (unpaired) electrons. The van der Waals surface area contributed by atoms with Crippen molar-refractivity contribution in [2.45, 2.75) is 19.6 Å². The van der Waals surface area contributed by atoms with Crippen LogP contribution in [0.25, 0.3) is 0 Å². The molecule has 0 saturated carbocycles. The molecule has 0 saturated heterocycles. The van der Waals surface area contributed by atoms with Gasteiger partial charge in [-0.2, -0.15) is 9.28 Å². The minimum Gasteiger partial charge on any atom is -0.477 e. The molecule has 0 aliphatic carbocycles. The number of aromatic nitrogens is 1. The van der Waals surface area contributed by atoms with Crippen molar-refractivity contribution in [3.8, 4) is 0 Å². The molecule has 0 aliphatic heterocycles. The van der Waals surface area contributed by atoms with Gasteiger partial charge in [0.15, 0.2) is 11.0 Å². The van der Waals surface area contributed by atoms with E-state index in [0.29, 0.717) is 5.01 Å². The van der Waals surface area contributed by atoms with Crippen LogP contribution < -0.4 is 0 Å². The summed E-state index contributed by atoms with van der Waals surface area (Å²) < 4.78 is 5.17. The molecule has 2 rings (SSSR count). The van der Waals surface area contributed by atoms with Gasteiger partial charge in [-0.3, -0.25) is 0 Å². The Kier molecular flexibility index (Phi) is 5.48. The number of hydrogen-bond acceptors (Lipinski definition) is 5. The zero-order chi connectivity index (χ0) is 17.7. The van der Waals surface area contributed by atoms with Crippen LogP contribution in [0.15, 0.2) is 49.3 Å². The Morgan fingerprint density at radius 2 is 2.08 bits per heavy atom. The van der Waals surface area contributed by atoms with Gasteiger partial charge >= 0.3 is 12.1 Å². The number of quaternary nitrogens is 1. The van der Waals surface area contributed by atoms with Gasteiger partial charge in [0.2, 0.25) is 0 Å². The molecule has 0 aliphatic rings. The van der Waals surface area contributed by atoms with E-state index in [9.17, 15) is 9.59 Å². The van der Waals surface area contributed by atoms with Crippen LogP contribution in [-0.4, -0.2) is 33.7 Å². The smallest absolute Gasteiger partial charge is 0.477 e. The first-order chi connectivity index (χ1) is 11.4. The van der Waals surface area contributed by atoms with Gasteiger partial charge in [0, 0.05) is 0 Å². The summed E-state index contributed by atoms with van der Waals surface area (Å²) in [5.74, 6) is -1.04. The Balaban J connectivity index is 2.14. The zero-order valence-corrected chi connectivity index (χ0v) is 14.3. The lowest BCUT2D eigenvalue weighted by Crippen LogP contribution is -2.46. The number of thiazole rings is 1.